The van der Waals surface area contributed by atoms with Gasteiger partial charge in [0.1, 0.15) is 11.6 Å². The average Bonchev–Trinajstić information content (AvgIpc) is 2.29. The second-order valence-electron chi connectivity index (χ2n) is 3.61. The number of phenolic OH excluding ortho intramolecular Hbond substituents is 1. The lowest BCUT2D eigenvalue weighted by Crippen LogP contribution is -2.10. The minimum atomic E-state index is -0.564. The minimum Gasteiger partial charge on any atom is -0.508 e. The van der Waals surface area contributed by atoms with Crippen LogP contribution in [0, 0.1) is 5.82 Å². The van der Waals surface area contributed by atoms with Crippen molar-refractivity contribution in [3.63, 3.8) is 0 Å². The van der Waals surface area contributed by atoms with Crippen molar-refractivity contribution >= 4 is 5.91 Å². The van der Waals surface area contributed by atoms with Crippen molar-refractivity contribution in [2.45, 2.75) is 0 Å². The summed E-state index contributed by atoms with van der Waals surface area (Å²) < 4.78 is 13.6. The molecular weight excluding hydrogens is 221 g/mol. The maximum Gasteiger partial charge on any atom is 0.248 e. The fourth-order valence-corrected chi connectivity index (χ4v) is 1.58. The molecule has 0 unspecified atom stereocenters. The van der Waals surface area contributed by atoms with E-state index >= 15 is 0 Å². The summed E-state index contributed by atoms with van der Waals surface area (Å²) in [6.07, 6.45) is 0. The number of benzene rings is 2. The number of amides is 1. The zero-order valence-electron chi connectivity index (χ0n) is 8.85. The van der Waals surface area contributed by atoms with Crippen LogP contribution in [0.5, 0.6) is 5.75 Å². The normalized spacial score (nSPS) is 10.2. The minimum absolute atomic E-state index is 0.141. The van der Waals surface area contributed by atoms with E-state index in [4.69, 9.17) is 10.8 Å². The molecule has 0 saturated carbocycles. The first kappa shape index (κ1) is 11.1. The first-order valence-corrected chi connectivity index (χ1v) is 4.96. The zero-order valence-corrected chi connectivity index (χ0v) is 8.85. The first-order chi connectivity index (χ1) is 8.08. The Morgan fingerprint density at radius 2 is 1.94 bits per heavy atom. The highest BCUT2D eigenvalue weighted by Gasteiger charge is 2.08. The summed E-state index contributed by atoms with van der Waals surface area (Å²) in [7, 11) is 0. The fraction of sp³-hybridized carbons (Fsp3) is 0. The van der Waals surface area contributed by atoms with Crippen molar-refractivity contribution in [3.8, 4) is 16.9 Å². The monoisotopic (exact) mass is 231 g/mol. The zero-order chi connectivity index (χ0) is 12.4. The third kappa shape index (κ3) is 2.25. The van der Waals surface area contributed by atoms with Crippen LogP contribution in [0.1, 0.15) is 10.4 Å². The standard InChI is InChI=1S/C13H10FNO2/c14-12-7-10(16)4-5-11(12)8-2-1-3-9(6-8)13(15)17/h1-7,16H,(H2,15,17). The number of halogens is 1. The van der Waals surface area contributed by atoms with Crippen LogP contribution in [0.2, 0.25) is 0 Å². The number of nitrogens with two attached hydrogens (primary N) is 1. The molecule has 0 aliphatic heterocycles. The molecule has 2 rings (SSSR count). The smallest absolute Gasteiger partial charge is 0.248 e. The second kappa shape index (κ2) is 4.25. The van der Waals surface area contributed by atoms with Crippen LogP contribution in [-0.2, 0) is 0 Å². The number of aromatic hydroxyl groups is 1. The van der Waals surface area contributed by atoms with Crippen molar-refractivity contribution in [1.82, 2.24) is 0 Å². The summed E-state index contributed by atoms with van der Waals surface area (Å²) in [5.74, 6) is -1.25. The van der Waals surface area contributed by atoms with E-state index in [1.807, 2.05) is 0 Å². The number of primary amides is 1. The van der Waals surface area contributed by atoms with Gasteiger partial charge in [0.2, 0.25) is 5.91 Å². The predicted octanol–water partition coefficient (Wildman–Crippen LogP) is 2.30. The lowest BCUT2D eigenvalue weighted by atomic mass is 10.0. The molecular formula is C13H10FNO2. The van der Waals surface area contributed by atoms with Crippen LogP contribution < -0.4 is 5.73 Å². The van der Waals surface area contributed by atoms with Gasteiger partial charge in [-0.1, -0.05) is 12.1 Å². The van der Waals surface area contributed by atoms with E-state index in [-0.39, 0.29) is 5.75 Å². The molecule has 0 spiro atoms. The van der Waals surface area contributed by atoms with Gasteiger partial charge in [0.05, 0.1) is 0 Å². The topological polar surface area (TPSA) is 63.3 Å². The lowest BCUT2D eigenvalue weighted by molar-refractivity contribution is 0.100. The van der Waals surface area contributed by atoms with Crippen LogP contribution in [0.15, 0.2) is 42.5 Å². The van der Waals surface area contributed by atoms with E-state index in [1.54, 1.807) is 18.2 Å². The van der Waals surface area contributed by atoms with Crippen molar-refractivity contribution in [1.29, 1.82) is 0 Å². The largest absolute Gasteiger partial charge is 0.508 e. The number of phenols is 1. The first-order valence-electron chi connectivity index (χ1n) is 4.96. The van der Waals surface area contributed by atoms with Gasteiger partial charge < -0.3 is 10.8 Å². The molecule has 2 aromatic carbocycles. The highest BCUT2D eigenvalue weighted by molar-refractivity contribution is 5.94. The number of hydrogen-bond donors (Lipinski definition) is 2. The molecule has 86 valence electrons. The molecule has 0 aliphatic rings. The van der Waals surface area contributed by atoms with Crippen LogP contribution in [0.25, 0.3) is 11.1 Å². The third-order valence-corrected chi connectivity index (χ3v) is 2.41. The molecule has 3 N–H and O–H groups in total. The molecule has 0 fully saturated rings. The van der Waals surface area contributed by atoms with Crippen LogP contribution in [0.4, 0.5) is 4.39 Å². The summed E-state index contributed by atoms with van der Waals surface area (Å²) >= 11 is 0. The summed E-state index contributed by atoms with van der Waals surface area (Å²) in [5, 5.41) is 9.11. The van der Waals surface area contributed by atoms with Crippen LogP contribution in [-0.4, -0.2) is 11.0 Å². The molecule has 0 aliphatic carbocycles. The van der Waals surface area contributed by atoms with Gasteiger partial charge in [-0.05, 0) is 29.8 Å². The number of carbonyl (C=O) groups excluding carboxylic acids is 1. The van der Waals surface area contributed by atoms with Gasteiger partial charge in [-0.3, -0.25) is 4.79 Å². The Labute approximate surface area is 97.3 Å². The van der Waals surface area contributed by atoms with Gasteiger partial charge in [0, 0.05) is 17.2 Å². The Balaban J connectivity index is 2.53. The molecule has 0 saturated heterocycles. The summed E-state index contributed by atoms with van der Waals surface area (Å²) in [6, 6.07) is 10.2. The molecule has 0 radical (unpaired) electrons. The number of hydrogen-bond acceptors (Lipinski definition) is 2. The van der Waals surface area contributed by atoms with E-state index in [0.717, 1.165) is 6.07 Å². The Morgan fingerprint density at radius 3 is 2.59 bits per heavy atom. The van der Waals surface area contributed by atoms with E-state index in [2.05, 4.69) is 0 Å². The quantitative estimate of drug-likeness (QED) is 0.832. The molecule has 4 heteroatoms. The Bertz CT molecular complexity index is 581. The number of carbonyl (C=O) groups is 1. The molecule has 1 amide bonds. The van der Waals surface area contributed by atoms with E-state index in [0.29, 0.717) is 16.7 Å². The molecule has 0 bridgehead atoms. The van der Waals surface area contributed by atoms with Gasteiger partial charge in [-0.15, -0.1) is 0 Å². The third-order valence-electron chi connectivity index (χ3n) is 2.41. The van der Waals surface area contributed by atoms with Crippen molar-refractivity contribution in [3.05, 3.63) is 53.8 Å². The molecule has 0 atom stereocenters. The fourth-order valence-electron chi connectivity index (χ4n) is 1.58. The van der Waals surface area contributed by atoms with Crippen molar-refractivity contribution in [2.24, 2.45) is 5.73 Å². The van der Waals surface area contributed by atoms with E-state index in [1.165, 1.54) is 18.2 Å². The molecule has 17 heavy (non-hydrogen) atoms. The van der Waals surface area contributed by atoms with E-state index in [9.17, 15) is 9.18 Å². The Hall–Kier alpha value is -2.36. The Morgan fingerprint density at radius 1 is 1.18 bits per heavy atom. The SMILES string of the molecule is NC(=O)c1cccc(-c2ccc(O)cc2F)c1. The van der Waals surface area contributed by atoms with Crippen LogP contribution >= 0.6 is 0 Å². The Kier molecular flexibility index (Phi) is 2.78. The maximum absolute atomic E-state index is 13.6. The average molecular weight is 231 g/mol. The van der Waals surface area contributed by atoms with Gasteiger partial charge in [0.25, 0.3) is 0 Å². The van der Waals surface area contributed by atoms with E-state index < -0.39 is 11.7 Å². The van der Waals surface area contributed by atoms with Gasteiger partial charge >= 0.3 is 0 Å². The summed E-state index contributed by atoms with van der Waals surface area (Å²) in [4.78, 5) is 11.0. The van der Waals surface area contributed by atoms with Gasteiger partial charge in [-0.2, -0.15) is 0 Å². The highest BCUT2D eigenvalue weighted by atomic mass is 19.1. The summed E-state index contributed by atoms with van der Waals surface area (Å²) in [6.45, 7) is 0. The van der Waals surface area contributed by atoms with Crippen molar-refractivity contribution < 1.29 is 14.3 Å². The lowest BCUT2D eigenvalue weighted by Gasteiger charge is -2.05. The maximum atomic E-state index is 13.6. The van der Waals surface area contributed by atoms with Crippen LogP contribution in [0.3, 0.4) is 0 Å². The predicted molar refractivity (Wildman–Crippen MR) is 62.0 cm³/mol. The number of rotatable bonds is 2. The van der Waals surface area contributed by atoms with Gasteiger partial charge in [0.15, 0.2) is 0 Å². The molecule has 2 aromatic rings. The molecule has 0 aromatic heterocycles. The highest BCUT2D eigenvalue weighted by Crippen LogP contribution is 2.26. The van der Waals surface area contributed by atoms with Crippen molar-refractivity contribution in [2.75, 3.05) is 0 Å². The second-order valence-corrected chi connectivity index (χ2v) is 3.61. The molecule has 0 heterocycles. The van der Waals surface area contributed by atoms with Gasteiger partial charge in [-0.25, -0.2) is 4.39 Å². The molecule has 3 nitrogen and oxygen atoms in total. The summed E-state index contributed by atoms with van der Waals surface area (Å²) in [5.41, 5.74) is 6.32.